The van der Waals surface area contributed by atoms with E-state index in [0.29, 0.717) is 6.61 Å². The first kappa shape index (κ1) is 17.9. The maximum atomic E-state index is 12.7. The lowest BCUT2D eigenvalue weighted by atomic mass is 10.0. The number of methoxy groups -OCH3 is 1. The molecule has 2 heterocycles. The molecule has 0 bridgehead atoms. The predicted octanol–water partition coefficient (Wildman–Crippen LogP) is 4.19. The number of hydrogen-bond acceptors (Lipinski definition) is 5. The quantitative estimate of drug-likeness (QED) is 0.642. The summed E-state index contributed by atoms with van der Waals surface area (Å²) in [5.41, 5.74) is 2.09. The average Bonchev–Trinajstić information content (AvgIpc) is 3.34. The molecule has 0 spiro atoms. The van der Waals surface area contributed by atoms with E-state index in [0.717, 1.165) is 45.9 Å². The fourth-order valence-corrected chi connectivity index (χ4v) is 4.46. The zero-order chi connectivity index (χ0) is 18.6. The van der Waals surface area contributed by atoms with Gasteiger partial charge in [0, 0.05) is 6.54 Å². The number of aromatic nitrogens is 1. The van der Waals surface area contributed by atoms with Gasteiger partial charge in [0.25, 0.3) is 0 Å². The van der Waals surface area contributed by atoms with E-state index in [1.54, 1.807) is 18.4 Å². The summed E-state index contributed by atoms with van der Waals surface area (Å²) in [6.45, 7) is 1.21. The van der Waals surface area contributed by atoms with Gasteiger partial charge in [0.1, 0.15) is 17.4 Å². The highest BCUT2D eigenvalue weighted by molar-refractivity contribution is 7.18. The van der Waals surface area contributed by atoms with E-state index < -0.39 is 0 Å². The second kappa shape index (κ2) is 8.06. The number of rotatable bonds is 6. The summed E-state index contributed by atoms with van der Waals surface area (Å²) in [7, 11) is 1.66. The molecular formula is C21H22N2O3S. The van der Waals surface area contributed by atoms with Gasteiger partial charge in [-0.15, -0.1) is 11.3 Å². The molecule has 1 fully saturated rings. The van der Waals surface area contributed by atoms with Crippen LogP contribution in [0.2, 0.25) is 0 Å². The summed E-state index contributed by atoms with van der Waals surface area (Å²) in [5.74, 6) is 0.848. The Morgan fingerprint density at radius 1 is 1.26 bits per heavy atom. The van der Waals surface area contributed by atoms with Gasteiger partial charge < -0.3 is 14.4 Å². The molecule has 140 valence electrons. The third-order valence-corrected chi connectivity index (χ3v) is 5.85. The second-order valence-corrected chi connectivity index (χ2v) is 7.71. The highest BCUT2D eigenvalue weighted by Gasteiger charge is 2.30. The van der Waals surface area contributed by atoms with Gasteiger partial charge in [0.05, 0.1) is 30.0 Å². The zero-order valence-electron chi connectivity index (χ0n) is 15.3. The van der Waals surface area contributed by atoms with Crippen molar-refractivity contribution in [3.8, 4) is 5.75 Å². The molecule has 27 heavy (non-hydrogen) atoms. The number of ether oxygens (including phenoxy) is 2. The van der Waals surface area contributed by atoms with E-state index >= 15 is 0 Å². The molecule has 0 N–H and O–H groups in total. The van der Waals surface area contributed by atoms with Crippen LogP contribution in [0.1, 0.15) is 29.5 Å². The lowest BCUT2D eigenvalue weighted by Gasteiger charge is -2.25. The summed E-state index contributed by atoms with van der Waals surface area (Å²) in [4.78, 5) is 19.2. The van der Waals surface area contributed by atoms with Crippen molar-refractivity contribution in [3.05, 3.63) is 59.1 Å². The Morgan fingerprint density at radius 2 is 2.15 bits per heavy atom. The van der Waals surface area contributed by atoms with E-state index in [9.17, 15) is 4.79 Å². The van der Waals surface area contributed by atoms with E-state index in [2.05, 4.69) is 11.1 Å². The SMILES string of the molecule is COc1cccc([C@H]2CCCN2C(=O)COCc2nc3ccccc3s2)c1. The van der Waals surface area contributed by atoms with Gasteiger partial charge in [-0.2, -0.15) is 0 Å². The number of nitrogens with zero attached hydrogens (tertiary/aromatic N) is 2. The van der Waals surface area contributed by atoms with Crippen molar-refractivity contribution in [2.24, 2.45) is 0 Å². The van der Waals surface area contributed by atoms with Crippen LogP contribution in [0, 0.1) is 0 Å². The highest BCUT2D eigenvalue weighted by Crippen LogP contribution is 2.33. The van der Waals surface area contributed by atoms with Crippen LogP contribution in [0.15, 0.2) is 48.5 Å². The molecule has 0 unspecified atom stereocenters. The smallest absolute Gasteiger partial charge is 0.249 e. The number of carbonyl (C=O) groups excluding carboxylic acids is 1. The molecule has 3 aromatic rings. The van der Waals surface area contributed by atoms with Crippen LogP contribution in [-0.4, -0.2) is 36.1 Å². The molecule has 1 saturated heterocycles. The fourth-order valence-electron chi connectivity index (χ4n) is 3.55. The lowest BCUT2D eigenvalue weighted by molar-refractivity contribution is -0.137. The van der Waals surface area contributed by atoms with Crippen LogP contribution < -0.4 is 4.74 Å². The number of thiazole rings is 1. The number of likely N-dealkylation sites (tertiary alicyclic amines) is 1. The van der Waals surface area contributed by atoms with Gasteiger partial charge in [-0.1, -0.05) is 24.3 Å². The third-order valence-electron chi connectivity index (χ3n) is 4.84. The maximum absolute atomic E-state index is 12.7. The minimum atomic E-state index is 0.0291. The topological polar surface area (TPSA) is 51.7 Å². The van der Waals surface area contributed by atoms with Gasteiger partial charge in [0.15, 0.2) is 0 Å². The van der Waals surface area contributed by atoms with Gasteiger partial charge in [-0.25, -0.2) is 4.98 Å². The van der Waals surface area contributed by atoms with Crippen LogP contribution in [0.3, 0.4) is 0 Å². The maximum Gasteiger partial charge on any atom is 0.249 e. The minimum absolute atomic E-state index is 0.0291. The lowest BCUT2D eigenvalue weighted by Crippen LogP contribution is -2.33. The summed E-state index contributed by atoms with van der Waals surface area (Å²) in [6.07, 6.45) is 1.97. The van der Waals surface area contributed by atoms with Crippen molar-refractivity contribution >= 4 is 27.5 Å². The Morgan fingerprint density at radius 3 is 3.00 bits per heavy atom. The molecular weight excluding hydrogens is 360 g/mol. The van der Waals surface area contributed by atoms with Gasteiger partial charge in [0.2, 0.25) is 5.91 Å². The Bertz CT molecular complexity index is 907. The van der Waals surface area contributed by atoms with Gasteiger partial charge in [-0.3, -0.25) is 4.79 Å². The predicted molar refractivity (Wildman–Crippen MR) is 106 cm³/mol. The molecule has 0 radical (unpaired) electrons. The van der Waals surface area contributed by atoms with Crippen molar-refractivity contribution in [2.45, 2.75) is 25.5 Å². The standard InChI is InChI=1S/C21H22N2O3S/c1-25-16-7-4-6-15(12-16)18-9-5-11-23(18)21(24)14-26-13-20-22-17-8-2-3-10-19(17)27-20/h2-4,6-8,10,12,18H,5,9,11,13-14H2,1H3/t18-/m1/s1. The number of para-hydroxylation sites is 1. The van der Waals surface area contributed by atoms with Gasteiger partial charge >= 0.3 is 0 Å². The fraction of sp³-hybridized carbons (Fsp3) is 0.333. The molecule has 0 saturated carbocycles. The van der Waals surface area contributed by atoms with E-state index in [1.807, 2.05) is 47.4 Å². The highest BCUT2D eigenvalue weighted by atomic mass is 32.1. The largest absolute Gasteiger partial charge is 0.497 e. The van der Waals surface area contributed by atoms with E-state index in [-0.39, 0.29) is 18.6 Å². The Kier molecular flexibility index (Phi) is 5.36. The van der Waals surface area contributed by atoms with Crippen LogP contribution in [0.25, 0.3) is 10.2 Å². The first-order valence-electron chi connectivity index (χ1n) is 9.10. The van der Waals surface area contributed by atoms with Crippen molar-refractivity contribution in [1.29, 1.82) is 0 Å². The first-order chi connectivity index (χ1) is 13.2. The molecule has 1 atom stereocenters. The molecule has 1 amide bonds. The summed E-state index contributed by atoms with van der Waals surface area (Å²) < 4.78 is 12.1. The molecule has 6 heteroatoms. The van der Waals surface area contributed by atoms with E-state index in [1.165, 1.54) is 0 Å². The van der Waals surface area contributed by atoms with Crippen LogP contribution >= 0.6 is 11.3 Å². The second-order valence-electron chi connectivity index (χ2n) is 6.59. The normalized spacial score (nSPS) is 16.8. The zero-order valence-corrected chi connectivity index (χ0v) is 16.1. The summed E-state index contributed by atoms with van der Waals surface area (Å²) >= 11 is 1.61. The molecule has 1 aliphatic heterocycles. The molecule has 5 nitrogen and oxygen atoms in total. The number of fused-ring (bicyclic) bond motifs is 1. The summed E-state index contributed by atoms with van der Waals surface area (Å²) in [6, 6.07) is 16.1. The number of amides is 1. The molecule has 0 aliphatic carbocycles. The minimum Gasteiger partial charge on any atom is -0.497 e. The molecule has 2 aromatic carbocycles. The Labute approximate surface area is 162 Å². The monoisotopic (exact) mass is 382 g/mol. The van der Waals surface area contributed by atoms with Crippen molar-refractivity contribution in [1.82, 2.24) is 9.88 Å². The van der Waals surface area contributed by atoms with Gasteiger partial charge in [-0.05, 0) is 42.7 Å². The van der Waals surface area contributed by atoms with E-state index in [4.69, 9.17) is 9.47 Å². The summed E-state index contributed by atoms with van der Waals surface area (Å²) in [5, 5.41) is 0.898. The first-order valence-corrected chi connectivity index (χ1v) is 9.92. The van der Waals surface area contributed by atoms with Crippen LogP contribution in [0.4, 0.5) is 0 Å². The average molecular weight is 382 g/mol. The molecule has 1 aliphatic rings. The number of benzene rings is 2. The number of carbonyl (C=O) groups is 1. The molecule has 4 rings (SSSR count). The Balaban J connectivity index is 1.36. The molecule has 1 aromatic heterocycles. The third kappa shape index (κ3) is 3.96. The number of hydrogen-bond donors (Lipinski definition) is 0. The van der Waals surface area contributed by atoms with Crippen molar-refractivity contribution in [2.75, 3.05) is 20.3 Å². The van der Waals surface area contributed by atoms with Crippen LogP contribution in [0.5, 0.6) is 5.75 Å². The van der Waals surface area contributed by atoms with Crippen LogP contribution in [-0.2, 0) is 16.1 Å². The Hall–Kier alpha value is -2.44. The van der Waals surface area contributed by atoms with Crippen molar-refractivity contribution < 1.29 is 14.3 Å². The van der Waals surface area contributed by atoms with Crippen molar-refractivity contribution in [3.63, 3.8) is 0 Å².